The number of nitrogens with one attached hydrogen (secondary N) is 3. The summed E-state index contributed by atoms with van der Waals surface area (Å²) in [7, 11) is 0. The minimum Gasteiger partial charge on any atom is -0.352 e. The Labute approximate surface area is 151 Å². The molecule has 140 valence electrons. The fraction of sp³-hybridized carbons (Fsp3) is 0.667. The third kappa shape index (κ3) is 4.30. The number of aromatic amines is 1. The zero-order valence-electron chi connectivity index (χ0n) is 14.8. The molecular weight excluding hydrogens is 334 g/mol. The van der Waals surface area contributed by atoms with Crippen molar-refractivity contribution < 1.29 is 9.59 Å². The molecule has 1 saturated heterocycles. The quantitative estimate of drug-likeness (QED) is 0.669. The van der Waals surface area contributed by atoms with Gasteiger partial charge in [-0.3, -0.25) is 19.3 Å². The van der Waals surface area contributed by atoms with Gasteiger partial charge in [0.15, 0.2) is 0 Å². The fourth-order valence-electron chi connectivity index (χ4n) is 3.34. The van der Waals surface area contributed by atoms with E-state index in [9.17, 15) is 14.4 Å². The molecule has 2 aliphatic carbocycles. The molecular formula is C18H25N5O3. The maximum atomic E-state index is 12.4. The van der Waals surface area contributed by atoms with Crippen LogP contribution in [0.25, 0.3) is 0 Å². The van der Waals surface area contributed by atoms with Gasteiger partial charge in [0.2, 0.25) is 5.91 Å². The van der Waals surface area contributed by atoms with Gasteiger partial charge >= 0.3 is 0 Å². The normalized spacial score (nSPS) is 21.4. The van der Waals surface area contributed by atoms with Crippen molar-refractivity contribution in [1.29, 1.82) is 0 Å². The predicted molar refractivity (Wildman–Crippen MR) is 94.9 cm³/mol. The number of nitrogens with zero attached hydrogens (tertiary/aromatic N) is 2. The van der Waals surface area contributed by atoms with Crippen LogP contribution in [0, 0.1) is 0 Å². The zero-order valence-corrected chi connectivity index (χ0v) is 14.8. The first-order valence-electron chi connectivity index (χ1n) is 9.50. The molecule has 1 aliphatic heterocycles. The summed E-state index contributed by atoms with van der Waals surface area (Å²) in [6.45, 7) is 1.94. The molecule has 2 saturated carbocycles. The van der Waals surface area contributed by atoms with Crippen LogP contribution in [0.15, 0.2) is 11.0 Å². The second kappa shape index (κ2) is 7.19. The van der Waals surface area contributed by atoms with E-state index in [2.05, 4.69) is 25.5 Å². The molecule has 1 aromatic rings. The summed E-state index contributed by atoms with van der Waals surface area (Å²) in [6, 6.07) is 0.407. The Morgan fingerprint density at radius 2 is 1.77 bits per heavy atom. The number of hydrogen-bond acceptors (Lipinski definition) is 5. The number of aromatic nitrogens is 2. The van der Waals surface area contributed by atoms with Crippen LogP contribution in [0.4, 0.5) is 0 Å². The lowest BCUT2D eigenvalue weighted by molar-refractivity contribution is -0.122. The van der Waals surface area contributed by atoms with Crippen molar-refractivity contribution in [3.05, 3.63) is 27.9 Å². The third-order valence-electron chi connectivity index (χ3n) is 5.26. The van der Waals surface area contributed by atoms with E-state index in [4.69, 9.17) is 0 Å². The van der Waals surface area contributed by atoms with Crippen LogP contribution in [0.5, 0.6) is 0 Å². The van der Waals surface area contributed by atoms with Gasteiger partial charge in [-0.2, -0.15) is 0 Å². The topological polar surface area (TPSA) is 107 Å². The van der Waals surface area contributed by atoms with E-state index in [0.29, 0.717) is 24.3 Å². The monoisotopic (exact) mass is 359 g/mol. The minimum atomic E-state index is -0.369. The number of H-pyrrole nitrogens is 1. The molecule has 0 unspecified atom stereocenters. The SMILES string of the molecule is O=C(CN1CCC(NC(=O)c2cnc(C3CC3)[nH]c2=O)CC1)NC1CC1. The summed E-state index contributed by atoms with van der Waals surface area (Å²) >= 11 is 0. The Morgan fingerprint density at radius 3 is 2.38 bits per heavy atom. The van der Waals surface area contributed by atoms with Gasteiger partial charge in [-0.1, -0.05) is 0 Å². The number of carbonyl (C=O) groups excluding carboxylic acids is 2. The van der Waals surface area contributed by atoms with Crippen LogP contribution in [-0.2, 0) is 4.79 Å². The van der Waals surface area contributed by atoms with Crippen molar-refractivity contribution in [2.45, 2.75) is 56.5 Å². The lowest BCUT2D eigenvalue weighted by Crippen LogP contribution is -2.48. The third-order valence-corrected chi connectivity index (χ3v) is 5.26. The van der Waals surface area contributed by atoms with Gasteiger partial charge in [-0.15, -0.1) is 0 Å². The van der Waals surface area contributed by atoms with E-state index in [0.717, 1.165) is 51.6 Å². The number of rotatable bonds is 6. The molecule has 0 aromatic carbocycles. The van der Waals surface area contributed by atoms with Crippen molar-refractivity contribution in [3.63, 3.8) is 0 Å². The Kier molecular flexibility index (Phi) is 4.76. The van der Waals surface area contributed by atoms with Gasteiger partial charge in [0, 0.05) is 37.3 Å². The molecule has 0 radical (unpaired) electrons. The number of hydrogen-bond donors (Lipinski definition) is 3. The number of carbonyl (C=O) groups is 2. The second-order valence-corrected chi connectivity index (χ2v) is 7.65. The van der Waals surface area contributed by atoms with Crippen LogP contribution in [0.3, 0.4) is 0 Å². The van der Waals surface area contributed by atoms with Gasteiger partial charge in [-0.25, -0.2) is 4.98 Å². The molecule has 8 heteroatoms. The van der Waals surface area contributed by atoms with Crippen molar-refractivity contribution in [3.8, 4) is 0 Å². The molecule has 0 bridgehead atoms. The van der Waals surface area contributed by atoms with Crippen molar-refractivity contribution in [2.24, 2.45) is 0 Å². The standard InChI is InChI=1S/C18H25N5O3/c24-15(20-12-3-4-12)10-23-7-5-13(6-8-23)21-17(25)14-9-19-16(11-1-2-11)22-18(14)26/h9,11-13H,1-8,10H2,(H,20,24)(H,21,25)(H,19,22,26). The number of piperidine rings is 1. The molecule has 1 aromatic heterocycles. The average Bonchev–Trinajstić information content (AvgIpc) is 3.50. The second-order valence-electron chi connectivity index (χ2n) is 7.65. The van der Waals surface area contributed by atoms with Crippen LogP contribution >= 0.6 is 0 Å². The Bertz CT molecular complexity index is 745. The first-order valence-corrected chi connectivity index (χ1v) is 9.50. The summed E-state index contributed by atoms with van der Waals surface area (Å²) in [5.41, 5.74) is -0.297. The fourth-order valence-corrected chi connectivity index (χ4v) is 3.34. The van der Waals surface area contributed by atoms with Crippen LogP contribution in [0.1, 0.15) is 60.6 Å². The highest BCUT2D eigenvalue weighted by atomic mass is 16.2. The molecule has 3 fully saturated rings. The van der Waals surface area contributed by atoms with E-state index in [1.807, 2.05) is 0 Å². The van der Waals surface area contributed by atoms with Gasteiger partial charge in [0.25, 0.3) is 11.5 Å². The van der Waals surface area contributed by atoms with Crippen LogP contribution < -0.4 is 16.2 Å². The van der Waals surface area contributed by atoms with Gasteiger partial charge in [0.1, 0.15) is 11.4 Å². The van der Waals surface area contributed by atoms with Crippen molar-refractivity contribution in [2.75, 3.05) is 19.6 Å². The maximum absolute atomic E-state index is 12.4. The largest absolute Gasteiger partial charge is 0.352 e. The Hall–Kier alpha value is -2.22. The van der Waals surface area contributed by atoms with Crippen LogP contribution in [-0.4, -0.2) is 58.4 Å². The highest BCUT2D eigenvalue weighted by Crippen LogP contribution is 2.37. The Balaban J connectivity index is 1.25. The Morgan fingerprint density at radius 1 is 1.08 bits per heavy atom. The average molecular weight is 359 g/mol. The lowest BCUT2D eigenvalue weighted by Gasteiger charge is -2.31. The summed E-state index contributed by atoms with van der Waals surface area (Å²) in [5, 5.41) is 5.92. The van der Waals surface area contributed by atoms with E-state index in [-0.39, 0.29) is 29.0 Å². The molecule has 0 atom stereocenters. The molecule has 3 aliphatic rings. The highest BCUT2D eigenvalue weighted by Gasteiger charge is 2.28. The van der Waals surface area contributed by atoms with Crippen molar-refractivity contribution in [1.82, 2.24) is 25.5 Å². The van der Waals surface area contributed by atoms with E-state index in [1.54, 1.807) is 0 Å². The van der Waals surface area contributed by atoms with Crippen LogP contribution in [0.2, 0.25) is 0 Å². The van der Waals surface area contributed by atoms with E-state index in [1.165, 1.54) is 6.20 Å². The number of amides is 2. The number of likely N-dealkylation sites (tertiary alicyclic amines) is 1. The minimum absolute atomic E-state index is 0.0211. The highest BCUT2D eigenvalue weighted by molar-refractivity contribution is 5.93. The molecule has 26 heavy (non-hydrogen) atoms. The molecule has 3 N–H and O–H groups in total. The first kappa shape index (κ1) is 17.2. The van der Waals surface area contributed by atoms with Gasteiger partial charge < -0.3 is 15.6 Å². The van der Waals surface area contributed by atoms with E-state index >= 15 is 0 Å². The molecule has 0 spiro atoms. The summed E-state index contributed by atoms with van der Waals surface area (Å²) in [5.74, 6) is 0.750. The van der Waals surface area contributed by atoms with E-state index < -0.39 is 0 Å². The summed E-state index contributed by atoms with van der Waals surface area (Å²) in [4.78, 5) is 45.4. The molecule has 2 amide bonds. The summed E-state index contributed by atoms with van der Waals surface area (Å²) < 4.78 is 0. The van der Waals surface area contributed by atoms with Gasteiger partial charge in [-0.05, 0) is 38.5 Å². The first-order chi connectivity index (χ1) is 12.6. The smallest absolute Gasteiger partial charge is 0.263 e. The maximum Gasteiger partial charge on any atom is 0.263 e. The molecule has 4 rings (SSSR count). The summed E-state index contributed by atoms with van der Waals surface area (Å²) in [6.07, 6.45) is 7.21. The van der Waals surface area contributed by atoms with Crippen molar-refractivity contribution >= 4 is 11.8 Å². The molecule has 8 nitrogen and oxygen atoms in total. The predicted octanol–water partition coefficient (Wildman–Crippen LogP) is 0.120. The lowest BCUT2D eigenvalue weighted by atomic mass is 10.0. The molecule has 2 heterocycles. The zero-order chi connectivity index (χ0) is 18.1. The van der Waals surface area contributed by atoms with Gasteiger partial charge in [0.05, 0.1) is 6.54 Å².